The van der Waals surface area contributed by atoms with E-state index in [1.54, 1.807) is 0 Å². The second kappa shape index (κ2) is 4.74. The lowest BCUT2D eigenvalue weighted by atomic mass is 9.63. The van der Waals surface area contributed by atoms with Crippen LogP contribution in [0.2, 0.25) is 0 Å². The molecule has 1 aliphatic carbocycles. The number of carbonyl (C=O) groups excluding carboxylic acids is 1. The van der Waals surface area contributed by atoms with Crippen LogP contribution in [0, 0.1) is 11.3 Å². The summed E-state index contributed by atoms with van der Waals surface area (Å²) in [7, 11) is 0. The molecule has 0 amide bonds. The van der Waals surface area contributed by atoms with Crippen LogP contribution in [-0.4, -0.2) is 18.1 Å². The van der Waals surface area contributed by atoms with Crippen molar-refractivity contribution >= 4 is 5.97 Å². The Morgan fingerprint density at radius 2 is 2.06 bits per heavy atom. The van der Waals surface area contributed by atoms with Gasteiger partial charge in [-0.25, -0.2) is 0 Å². The van der Waals surface area contributed by atoms with Crippen LogP contribution in [0.5, 0.6) is 0 Å². The molecule has 1 saturated carbocycles. The lowest BCUT2D eigenvalue weighted by molar-refractivity contribution is -0.145. The highest BCUT2D eigenvalue weighted by molar-refractivity contribution is 5.71. The van der Waals surface area contributed by atoms with E-state index in [4.69, 9.17) is 10.5 Å². The van der Waals surface area contributed by atoms with Crippen molar-refractivity contribution in [3.63, 3.8) is 0 Å². The molecule has 1 rings (SSSR count). The molecule has 0 spiro atoms. The molecule has 0 aliphatic heterocycles. The van der Waals surface area contributed by atoms with Crippen LogP contribution in [0.1, 0.15) is 53.4 Å². The first-order valence-corrected chi connectivity index (χ1v) is 6.23. The van der Waals surface area contributed by atoms with Crippen molar-refractivity contribution in [2.75, 3.05) is 6.61 Å². The van der Waals surface area contributed by atoms with Crippen LogP contribution in [0.15, 0.2) is 0 Å². The van der Waals surface area contributed by atoms with E-state index < -0.39 is 0 Å². The Kier molecular flexibility index (Phi) is 4.00. The predicted octanol–water partition coefficient (Wildman–Crippen LogP) is 2.48. The van der Waals surface area contributed by atoms with Gasteiger partial charge in [-0.05, 0) is 37.5 Å². The van der Waals surface area contributed by atoms with Crippen molar-refractivity contribution in [1.29, 1.82) is 0 Å². The molecule has 1 aliphatic rings. The van der Waals surface area contributed by atoms with Crippen LogP contribution in [0.25, 0.3) is 0 Å². The molecule has 3 nitrogen and oxygen atoms in total. The quantitative estimate of drug-likeness (QED) is 0.754. The summed E-state index contributed by atoms with van der Waals surface area (Å²) < 4.78 is 4.99. The van der Waals surface area contributed by atoms with Gasteiger partial charge in [0.15, 0.2) is 0 Å². The van der Waals surface area contributed by atoms with Gasteiger partial charge >= 0.3 is 5.97 Å². The van der Waals surface area contributed by atoms with Gasteiger partial charge in [0.25, 0.3) is 0 Å². The molecule has 0 aromatic rings. The van der Waals surface area contributed by atoms with E-state index >= 15 is 0 Å². The maximum atomic E-state index is 11.5. The van der Waals surface area contributed by atoms with E-state index in [0.29, 0.717) is 24.4 Å². The third kappa shape index (κ3) is 3.21. The number of rotatable bonds is 3. The van der Waals surface area contributed by atoms with Gasteiger partial charge in [-0.1, -0.05) is 20.8 Å². The SMILES string of the molecule is CCOC(=O)CC1(N)CCC(C)(C)CC1C. The maximum absolute atomic E-state index is 11.5. The van der Waals surface area contributed by atoms with Gasteiger partial charge in [0.2, 0.25) is 0 Å². The van der Waals surface area contributed by atoms with Gasteiger partial charge in [0.1, 0.15) is 0 Å². The third-order valence-corrected chi connectivity index (χ3v) is 3.89. The van der Waals surface area contributed by atoms with Crippen molar-refractivity contribution in [2.24, 2.45) is 17.1 Å². The van der Waals surface area contributed by atoms with Gasteiger partial charge < -0.3 is 10.5 Å². The van der Waals surface area contributed by atoms with Crippen LogP contribution in [0.3, 0.4) is 0 Å². The van der Waals surface area contributed by atoms with Gasteiger partial charge in [0, 0.05) is 5.54 Å². The molecule has 94 valence electrons. The van der Waals surface area contributed by atoms with Crippen molar-refractivity contribution < 1.29 is 9.53 Å². The fourth-order valence-electron chi connectivity index (χ4n) is 2.70. The van der Waals surface area contributed by atoms with Crippen LogP contribution >= 0.6 is 0 Å². The van der Waals surface area contributed by atoms with Crippen molar-refractivity contribution in [2.45, 2.75) is 58.9 Å². The summed E-state index contributed by atoms with van der Waals surface area (Å²) in [6.07, 6.45) is 3.45. The Morgan fingerprint density at radius 1 is 1.44 bits per heavy atom. The van der Waals surface area contributed by atoms with E-state index in [1.807, 2.05) is 6.92 Å². The lowest BCUT2D eigenvalue weighted by Crippen LogP contribution is -2.52. The summed E-state index contributed by atoms with van der Waals surface area (Å²) in [5.74, 6) is 0.220. The number of nitrogens with two attached hydrogens (primary N) is 1. The zero-order valence-corrected chi connectivity index (χ0v) is 11.0. The zero-order chi connectivity index (χ0) is 12.4. The molecule has 3 heteroatoms. The number of hydrogen-bond donors (Lipinski definition) is 1. The highest BCUT2D eigenvalue weighted by atomic mass is 16.5. The van der Waals surface area contributed by atoms with E-state index in [9.17, 15) is 4.79 Å². The Bertz CT molecular complexity index is 263. The molecule has 2 atom stereocenters. The second-order valence-corrected chi connectivity index (χ2v) is 5.98. The number of ether oxygens (including phenoxy) is 1. The summed E-state index contributed by atoms with van der Waals surface area (Å²) >= 11 is 0. The van der Waals surface area contributed by atoms with Crippen LogP contribution < -0.4 is 5.73 Å². The fraction of sp³-hybridized carbons (Fsp3) is 0.923. The minimum Gasteiger partial charge on any atom is -0.466 e. The Morgan fingerprint density at radius 3 is 2.56 bits per heavy atom. The van der Waals surface area contributed by atoms with Crippen LogP contribution in [-0.2, 0) is 9.53 Å². The molecule has 0 radical (unpaired) electrons. The van der Waals surface area contributed by atoms with E-state index in [0.717, 1.165) is 19.3 Å². The van der Waals surface area contributed by atoms with Crippen molar-refractivity contribution in [1.82, 2.24) is 0 Å². The highest BCUT2D eigenvalue weighted by Gasteiger charge is 2.42. The topological polar surface area (TPSA) is 52.3 Å². The fourth-order valence-corrected chi connectivity index (χ4v) is 2.70. The summed E-state index contributed by atoms with van der Waals surface area (Å²) in [5, 5.41) is 0. The first kappa shape index (κ1) is 13.5. The molecule has 0 heterocycles. The second-order valence-electron chi connectivity index (χ2n) is 5.98. The molecule has 0 bridgehead atoms. The molecular weight excluding hydrogens is 202 g/mol. The monoisotopic (exact) mass is 227 g/mol. The molecule has 2 N–H and O–H groups in total. The van der Waals surface area contributed by atoms with Crippen LogP contribution in [0.4, 0.5) is 0 Å². The number of esters is 1. The van der Waals surface area contributed by atoms with Gasteiger partial charge in [-0.3, -0.25) is 4.79 Å². The standard InChI is InChI=1S/C13H25NO2/c1-5-16-11(15)9-13(14)7-6-12(3,4)8-10(13)2/h10H,5-9,14H2,1-4H3. The summed E-state index contributed by atoms with van der Waals surface area (Å²) in [6, 6.07) is 0. The summed E-state index contributed by atoms with van der Waals surface area (Å²) in [4.78, 5) is 11.5. The Balaban J connectivity index is 2.61. The molecule has 1 fully saturated rings. The first-order chi connectivity index (χ1) is 7.29. The van der Waals surface area contributed by atoms with Gasteiger partial charge in [0.05, 0.1) is 13.0 Å². The van der Waals surface area contributed by atoms with Crippen molar-refractivity contribution in [3.05, 3.63) is 0 Å². The molecule has 0 aromatic heterocycles. The van der Waals surface area contributed by atoms with E-state index in [-0.39, 0.29) is 11.5 Å². The average Bonchev–Trinajstić information content (AvgIpc) is 2.13. The predicted molar refractivity (Wildman–Crippen MR) is 65.0 cm³/mol. The van der Waals surface area contributed by atoms with E-state index in [2.05, 4.69) is 20.8 Å². The molecular formula is C13H25NO2. The lowest BCUT2D eigenvalue weighted by Gasteiger charge is -2.45. The smallest absolute Gasteiger partial charge is 0.307 e. The van der Waals surface area contributed by atoms with Gasteiger partial charge in [-0.15, -0.1) is 0 Å². The first-order valence-electron chi connectivity index (χ1n) is 6.23. The maximum Gasteiger partial charge on any atom is 0.307 e. The minimum absolute atomic E-state index is 0.156. The molecule has 0 saturated heterocycles. The highest BCUT2D eigenvalue weighted by Crippen LogP contribution is 2.44. The van der Waals surface area contributed by atoms with Gasteiger partial charge in [-0.2, -0.15) is 0 Å². The third-order valence-electron chi connectivity index (χ3n) is 3.89. The molecule has 2 unspecified atom stereocenters. The largest absolute Gasteiger partial charge is 0.466 e. The zero-order valence-electron chi connectivity index (χ0n) is 11.0. The van der Waals surface area contributed by atoms with E-state index in [1.165, 1.54) is 0 Å². The summed E-state index contributed by atoms with van der Waals surface area (Å²) in [6.45, 7) is 8.96. The Labute approximate surface area is 98.7 Å². The number of hydrogen-bond acceptors (Lipinski definition) is 3. The molecule has 16 heavy (non-hydrogen) atoms. The molecule has 0 aromatic carbocycles. The summed E-state index contributed by atoms with van der Waals surface area (Å²) in [5.41, 5.74) is 6.35. The minimum atomic E-state index is -0.359. The normalized spacial score (nSPS) is 33.4. The average molecular weight is 227 g/mol. The van der Waals surface area contributed by atoms with Crippen molar-refractivity contribution in [3.8, 4) is 0 Å². The Hall–Kier alpha value is -0.570. The number of carbonyl (C=O) groups is 1.